The molecule has 1 saturated heterocycles. The monoisotopic (exact) mass is 498 g/mol. The number of carbonyl (C=O) groups excluding carboxylic acids is 2. The van der Waals surface area contributed by atoms with Crippen molar-refractivity contribution >= 4 is 40.0 Å². The molecule has 0 radical (unpaired) electrons. The van der Waals surface area contributed by atoms with Crippen LogP contribution in [0.3, 0.4) is 0 Å². The lowest BCUT2D eigenvalue weighted by molar-refractivity contribution is -0.126. The summed E-state index contributed by atoms with van der Waals surface area (Å²) in [5.74, 6) is -1.79. The lowest BCUT2D eigenvalue weighted by Crippen LogP contribution is -2.37. The molecule has 1 aromatic carbocycles. The Hall–Kier alpha value is -2.07. The summed E-state index contributed by atoms with van der Waals surface area (Å²) in [7, 11) is 3.50. The van der Waals surface area contributed by atoms with Gasteiger partial charge in [0.2, 0.25) is 11.8 Å². The van der Waals surface area contributed by atoms with Gasteiger partial charge in [-0.05, 0) is 46.7 Å². The third-order valence-corrected chi connectivity index (χ3v) is 7.05. The minimum Gasteiger partial charge on any atom is -0.351 e. The molecule has 2 unspecified atom stereocenters. The highest BCUT2D eigenvalue weighted by atomic mass is 79.9. The molecule has 0 saturated carbocycles. The summed E-state index contributed by atoms with van der Waals surface area (Å²) in [5.41, 5.74) is 1.59. The van der Waals surface area contributed by atoms with E-state index in [2.05, 4.69) is 21.2 Å². The van der Waals surface area contributed by atoms with Crippen LogP contribution in [0.25, 0.3) is 0 Å². The second kappa shape index (κ2) is 7.88. The van der Waals surface area contributed by atoms with E-state index in [0.717, 1.165) is 11.4 Å². The van der Waals surface area contributed by atoms with Gasteiger partial charge in [-0.3, -0.25) is 9.59 Å². The van der Waals surface area contributed by atoms with Gasteiger partial charge in [-0.25, -0.2) is 8.78 Å². The fourth-order valence-electron chi connectivity index (χ4n) is 4.42. The molecule has 10 heteroatoms. The molecule has 1 N–H and O–H groups in total. The van der Waals surface area contributed by atoms with Gasteiger partial charge < -0.3 is 19.4 Å². The Bertz CT molecular complexity index is 1110. The van der Waals surface area contributed by atoms with E-state index in [9.17, 15) is 18.4 Å². The van der Waals surface area contributed by atoms with Gasteiger partial charge in [0.1, 0.15) is 11.6 Å². The number of rotatable bonds is 4. The van der Waals surface area contributed by atoms with Crippen LogP contribution < -0.4 is 5.32 Å². The van der Waals surface area contributed by atoms with E-state index in [4.69, 9.17) is 12.2 Å². The van der Waals surface area contributed by atoms with Gasteiger partial charge >= 0.3 is 0 Å². The summed E-state index contributed by atoms with van der Waals surface area (Å²) < 4.78 is 33.4. The number of hydrogen-bond donors (Lipinski definition) is 1. The second-order valence-electron chi connectivity index (χ2n) is 7.92. The third-order valence-electron chi connectivity index (χ3n) is 5.95. The van der Waals surface area contributed by atoms with Crippen molar-refractivity contribution in [1.82, 2.24) is 19.4 Å². The minimum absolute atomic E-state index is 0.00405. The molecular weight excluding hydrogens is 478 g/mol. The number of nitrogens with zero attached hydrogens (tertiary/aromatic N) is 3. The van der Waals surface area contributed by atoms with E-state index < -0.39 is 17.6 Å². The van der Waals surface area contributed by atoms with Gasteiger partial charge in [0.05, 0.1) is 16.9 Å². The maximum Gasteiger partial charge on any atom is 0.226 e. The van der Waals surface area contributed by atoms with E-state index in [1.54, 1.807) is 23.6 Å². The normalized spacial score (nSPS) is 20.7. The zero-order valence-corrected chi connectivity index (χ0v) is 18.9. The molecule has 1 fully saturated rings. The number of amides is 2. The maximum atomic E-state index is 14.6. The van der Waals surface area contributed by atoms with Crippen molar-refractivity contribution in [2.24, 2.45) is 7.05 Å². The SMILES string of the molecule is CN1CC(NC(=O)Cc2c3n(c(=S)n2C)CC(c2c(F)ccc(Br)c2F)C3)CC1=O. The van der Waals surface area contributed by atoms with Crippen molar-refractivity contribution in [2.75, 3.05) is 13.6 Å². The van der Waals surface area contributed by atoms with Crippen LogP contribution in [-0.2, 0) is 36.0 Å². The number of halogens is 3. The zero-order valence-electron chi connectivity index (χ0n) is 16.5. The Balaban J connectivity index is 1.56. The molecule has 30 heavy (non-hydrogen) atoms. The van der Waals surface area contributed by atoms with Crippen molar-refractivity contribution < 1.29 is 18.4 Å². The van der Waals surface area contributed by atoms with Crippen molar-refractivity contribution in [1.29, 1.82) is 0 Å². The molecule has 2 atom stereocenters. The summed E-state index contributed by atoms with van der Waals surface area (Å²) in [6, 6.07) is 2.39. The lowest BCUT2D eigenvalue weighted by Gasteiger charge is -2.15. The quantitative estimate of drug-likeness (QED) is 0.520. The first-order valence-electron chi connectivity index (χ1n) is 9.61. The van der Waals surface area contributed by atoms with E-state index in [1.165, 1.54) is 12.1 Å². The second-order valence-corrected chi connectivity index (χ2v) is 9.14. The summed E-state index contributed by atoms with van der Waals surface area (Å²) in [6.45, 7) is 0.843. The molecule has 2 aliphatic heterocycles. The minimum atomic E-state index is -0.602. The van der Waals surface area contributed by atoms with Gasteiger partial charge in [0.25, 0.3) is 0 Å². The fraction of sp³-hybridized carbons (Fsp3) is 0.450. The maximum absolute atomic E-state index is 14.6. The number of carbonyl (C=O) groups is 2. The van der Waals surface area contributed by atoms with E-state index >= 15 is 0 Å². The number of nitrogens with one attached hydrogen (secondary N) is 1. The van der Waals surface area contributed by atoms with Crippen LogP contribution in [0.5, 0.6) is 0 Å². The first-order chi connectivity index (χ1) is 14.2. The standard InChI is InChI=1S/C20H21BrF2N4O2S/c1-25-9-11(6-17(25)29)24-16(28)7-14-15-5-10(8-27(15)20(30)26(14)2)18-13(22)4-3-12(21)19(18)23/h3-4,10-11H,5-9H2,1-2H3,(H,24,28). The number of aromatic nitrogens is 2. The van der Waals surface area contributed by atoms with Gasteiger partial charge in [-0.15, -0.1) is 0 Å². The Morgan fingerprint density at radius 1 is 1.27 bits per heavy atom. The molecule has 1 aromatic heterocycles. The highest BCUT2D eigenvalue weighted by Crippen LogP contribution is 2.37. The molecule has 160 valence electrons. The fourth-order valence-corrected chi connectivity index (χ4v) is 5.06. The van der Waals surface area contributed by atoms with E-state index in [-0.39, 0.29) is 40.7 Å². The number of benzene rings is 1. The molecule has 6 nitrogen and oxygen atoms in total. The van der Waals surface area contributed by atoms with Crippen molar-refractivity contribution in [3.8, 4) is 0 Å². The Kier molecular flexibility index (Phi) is 5.56. The summed E-state index contributed by atoms with van der Waals surface area (Å²) >= 11 is 8.63. The largest absolute Gasteiger partial charge is 0.351 e. The molecule has 2 amide bonds. The number of fused-ring (bicyclic) bond motifs is 1. The third kappa shape index (κ3) is 3.60. The van der Waals surface area contributed by atoms with Crippen molar-refractivity contribution in [3.05, 3.63) is 50.0 Å². The topological polar surface area (TPSA) is 59.3 Å². The van der Waals surface area contributed by atoms with Crippen LogP contribution in [-0.4, -0.2) is 45.5 Å². The molecule has 0 bridgehead atoms. The lowest BCUT2D eigenvalue weighted by atomic mass is 9.95. The molecule has 0 spiro atoms. The Morgan fingerprint density at radius 3 is 2.67 bits per heavy atom. The van der Waals surface area contributed by atoms with Crippen LogP contribution in [0.15, 0.2) is 16.6 Å². The van der Waals surface area contributed by atoms with Gasteiger partial charge in [-0.1, -0.05) is 0 Å². The number of likely N-dealkylation sites (tertiary alicyclic amines) is 1. The van der Waals surface area contributed by atoms with Crippen LogP contribution in [0.2, 0.25) is 0 Å². The van der Waals surface area contributed by atoms with Gasteiger partial charge in [0.15, 0.2) is 4.77 Å². The highest BCUT2D eigenvalue weighted by molar-refractivity contribution is 9.10. The van der Waals surface area contributed by atoms with Crippen LogP contribution >= 0.6 is 28.1 Å². The van der Waals surface area contributed by atoms with Crippen LogP contribution in [0.4, 0.5) is 8.78 Å². The molecule has 3 heterocycles. The summed E-state index contributed by atoms with van der Waals surface area (Å²) in [4.78, 5) is 25.9. The Morgan fingerprint density at radius 2 is 2.00 bits per heavy atom. The van der Waals surface area contributed by atoms with Gasteiger partial charge in [-0.2, -0.15) is 0 Å². The Labute approximate surface area is 186 Å². The number of hydrogen-bond acceptors (Lipinski definition) is 3. The predicted octanol–water partition coefficient (Wildman–Crippen LogP) is 2.83. The van der Waals surface area contributed by atoms with E-state index in [1.807, 2.05) is 4.57 Å². The van der Waals surface area contributed by atoms with E-state index in [0.29, 0.717) is 24.3 Å². The molecular formula is C20H21BrF2N4O2S. The first kappa shape index (κ1) is 21.2. The summed E-state index contributed by atoms with van der Waals surface area (Å²) in [5, 5.41) is 2.90. The predicted molar refractivity (Wildman–Crippen MR) is 113 cm³/mol. The number of imidazole rings is 1. The molecule has 0 aliphatic carbocycles. The number of likely N-dealkylation sites (N-methyl/N-ethyl adjacent to an activating group) is 1. The van der Waals surface area contributed by atoms with Crippen molar-refractivity contribution in [3.63, 3.8) is 0 Å². The van der Waals surface area contributed by atoms with Gasteiger partial charge in [0, 0.05) is 56.5 Å². The van der Waals surface area contributed by atoms with Crippen molar-refractivity contribution in [2.45, 2.75) is 37.8 Å². The first-order valence-corrected chi connectivity index (χ1v) is 10.8. The summed E-state index contributed by atoms with van der Waals surface area (Å²) in [6.07, 6.45) is 0.771. The molecule has 2 aliphatic rings. The smallest absolute Gasteiger partial charge is 0.226 e. The zero-order chi connectivity index (χ0) is 21.7. The highest BCUT2D eigenvalue weighted by Gasteiger charge is 2.33. The average molecular weight is 499 g/mol. The van der Waals surface area contributed by atoms with Crippen LogP contribution in [0, 0.1) is 16.4 Å². The van der Waals surface area contributed by atoms with Crippen LogP contribution in [0.1, 0.15) is 29.3 Å². The average Bonchev–Trinajstić information content (AvgIpc) is 3.30. The molecule has 2 aromatic rings. The molecule has 4 rings (SSSR count).